The van der Waals surface area contributed by atoms with Crippen molar-refractivity contribution in [1.82, 2.24) is 19.6 Å². The van der Waals surface area contributed by atoms with Gasteiger partial charge in [-0.3, -0.25) is 14.1 Å². The first-order valence-corrected chi connectivity index (χ1v) is 7.08. The van der Waals surface area contributed by atoms with Crippen LogP contribution in [0, 0.1) is 6.92 Å². The summed E-state index contributed by atoms with van der Waals surface area (Å²) in [6, 6.07) is 5.99. The molecule has 0 amide bonds. The van der Waals surface area contributed by atoms with Crippen molar-refractivity contribution in [1.29, 1.82) is 0 Å². The Morgan fingerprint density at radius 2 is 2.29 bits per heavy atom. The molecule has 3 rings (SSSR count). The third kappa shape index (κ3) is 3.26. The minimum atomic E-state index is -0.00325. The summed E-state index contributed by atoms with van der Waals surface area (Å²) in [6.07, 6.45) is 1.77. The van der Waals surface area contributed by atoms with Crippen LogP contribution < -0.4 is 10.9 Å². The van der Waals surface area contributed by atoms with Crippen molar-refractivity contribution < 1.29 is 0 Å². The largest absolute Gasteiger partial charge is 0.314 e. The van der Waals surface area contributed by atoms with E-state index in [0.717, 1.165) is 43.1 Å². The topological polar surface area (TPSA) is 49.6 Å². The van der Waals surface area contributed by atoms with Crippen LogP contribution in [0.5, 0.6) is 0 Å². The van der Waals surface area contributed by atoms with E-state index in [1.165, 1.54) is 0 Å². The van der Waals surface area contributed by atoms with Crippen LogP contribution in [-0.2, 0) is 6.54 Å². The molecule has 6 heteroatoms. The van der Waals surface area contributed by atoms with Crippen molar-refractivity contribution in [3.8, 4) is 0 Å². The molecule has 0 radical (unpaired) electrons. The summed E-state index contributed by atoms with van der Waals surface area (Å²) in [6.45, 7) is 7.91. The fourth-order valence-electron chi connectivity index (χ4n) is 2.72. The Morgan fingerprint density at radius 1 is 1.48 bits per heavy atom. The van der Waals surface area contributed by atoms with Gasteiger partial charge in [0.1, 0.15) is 5.65 Å². The Morgan fingerprint density at radius 3 is 3.05 bits per heavy atom. The van der Waals surface area contributed by atoms with Gasteiger partial charge in [0.25, 0.3) is 5.56 Å². The Kier molecular flexibility index (Phi) is 4.98. The summed E-state index contributed by atoms with van der Waals surface area (Å²) in [7, 11) is 0. The minimum Gasteiger partial charge on any atom is -0.314 e. The van der Waals surface area contributed by atoms with Crippen molar-refractivity contribution in [2.45, 2.75) is 26.4 Å². The minimum absolute atomic E-state index is 0. The highest BCUT2D eigenvalue weighted by Crippen LogP contribution is 2.10. The molecule has 2 aromatic heterocycles. The molecule has 0 saturated carbocycles. The number of hydrogen-bond acceptors (Lipinski definition) is 4. The third-order valence-electron chi connectivity index (χ3n) is 3.94. The molecule has 1 N–H and O–H groups in total. The van der Waals surface area contributed by atoms with Gasteiger partial charge in [0.05, 0.1) is 5.69 Å². The second kappa shape index (κ2) is 6.56. The maximum absolute atomic E-state index is 12.2. The summed E-state index contributed by atoms with van der Waals surface area (Å²) in [5.41, 5.74) is 2.65. The van der Waals surface area contributed by atoms with Crippen LogP contribution in [0.25, 0.3) is 5.65 Å². The molecule has 0 unspecified atom stereocenters. The average molecular weight is 309 g/mol. The van der Waals surface area contributed by atoms with Gasteiger partial charge in [-0.05, 0) is 25.5 Å². The standard InChI is InChI=1S/C15H20N4O.ClH/c1-11-4-3-6-19-14(20)8-13(17-15(11)19)10-18-7-5-16-9-12(18)2;/h3-4,6,8,12,16H,5,7,9-10H2,1-2H3;1H/t12-;/m0./s1. The molecular formula is C15H21ClN4O. The predicted molar refractivity (Wildman–Crippen MR) is 86.2 cm³/mol. The molecule has 0 spiro atoms. The SMILES string of the molecule is Cc1cccn2c(=O)cc(CN3CCNC[C@@H]3C)nc12.Cl. The smallest absolute Gasteiger partial charge is 0.258 e. The Hall–Kier alpha value is -1.43. The number of piperazine rings is 1. The maximum Gasteiger partial charge on any atom is 0.258 e. The van der Waals surface area contributed by atoms with Gasteiger partial charge in [-0.25, -0.2) is 4.98 Å². The zero-order valence-corrected chi connectivity index (χ0v) is 13.2. The lowest BCUT2D eigenvalue weighted by Crippen LogP contribution is -2.49. The second-order valence-corrected chi connectivity index (χ2v) is 5.49. The quantitative estimate of drug-likeness (QED) is 0.906. The fraction of sp³-hybridized carbons (Fsp3) is 0.467. The molecule has 114 valence electrons. The van der Waals surface area contributed by atoms with E-state index >= 15 is 0 Å². The first-order chi connectivity index (χ1) is 9.65. The molecule has 0 aliphatic carbocycles. The van der Waals surface area contributed by atoms with Gasteiger partial charge in [-0.15, -0.1) is 12.4 Å². The summed E-state index contributed by atoms with van der Waals surface area (Å²) in [4.78, 5) is 19.2. The number of rotatable bonds is 2. The Bertz CT molecular complexity index is 685. The lowest BCUT2D eigenvalue weighted by atomic mass is 10.2. The molecule has 1 saturated heterocycles. The average Bonchev–Trinajstić information content (AvgIpc) is 2.43. The molecule has 0 bridgehead atoms. The molecule has 1 atom stereocenters. The second-order valence-electron chi connectivity index (χ2n) is 5.49. The van der Waals surface area contributed by atoms with Gasteiger partial charge in [0.15, 0.2) is 0 Å². The molecule has 1 aliphatic rings. The fourth-order valence-corrected chi connectivity index (χ4v) is 2.72. The van der Waals surface area contributed by atoms with Gasteiger partial charge >= 0.3 is 0 Å². The van der Waals surface area contributed by atoms with Crippen LogP contribution in [0.1, 0.15) is 18.2 Å². The zero-order chi connectivity index (χ0) is 14.1. The highest BCUT2D eigenvalue weighted by atomic mass is 35.5. The van der Waals surface area contributed by atoms with Crippen LogP contribution in [0.4, 0.5) is 0 Å². The van der Waals surface area contributed by atoms with E-state index in [4.69, 9.17) is 0 Å². The summed E-state index contributed by atoms with van der Waals surface area (Å²) in [5, 5.41) is 3.37. The van der Waals surface area contributed by atoms with Crippen LogP contribution in [0.2, 0.25) is 0 Å². The van der Waals surface area contributed by atoms with E-state index in [1.807, 2.05) is 19.1 Å². The van der Waals surface area contributed by atoms with Gasteiger partial charge in [0, 0.05) is 44.5 Å². The van der Waals surface area contributed by atoms with Gasteiger partial charge in [0.2, 0.25) is 0 Å². The van der Waals surface area contributed by atoms with Crippen molar-refractivity contribution in [2.75, 3.05) is 19.6 Å². The number of aryl methyl sites for hydroxylation is 1. The molecule has 5 nitrogen and oxygen atoms in total. The van der Waals surface area contributed by atoms with Crippen LogP contribution >= 0.6 is 12.4 Å². The lowest BCUT2D eigenvalue weighted by Gasteiger charge is -2.33. The number of hydrogen-bond donors (Lipinski definition) is 1. The maximum atomic E-state index is 12.2. The van der Waals surface area contributed by atoms with E-state index in [1.54, 1.807) is 16.7 Å². The molecular weight excluding hydrogens is 288 g/mol. The van der Waals surface area contributed by atoms with Crippen molar-refractivity contribution in [3.63, 3.8) is 0 Å². The highest BCUT2D eigenvalue weighted by Gasteiger charge is 2.18. The van der Waals surface area contributed by atoms with Crippen molar-refractivity contribution in [2.24, 2.45) is 0 Å². The van der Waals surface area contributed by atoms with E-state index in [2.05, 4.69) is 22.1 Å². The molecule has 21 heavy (non-hydrogen) atoms. The number of aromatic nitrogens is 2. The van der Waals surface area contributed by atoms with Crippen LogP contribution in [-0.4, -0.2) is 40.0 Å². The zero-order valence-electron chi connectivity index (χ0n) is 12.4. The van der Waals surface area contributed by atoms with Crippen LogP contribution in [0.15, 0.2) is 29.2 Å². The van der Waals surface area contributed by atoms with Gasteiger partial charge in [-0.2, -0.15) is 0 Å². The van der Waals surface area contributed by atoms with Gasteiger partial charge < -0.3 is 5.32 Å². The summed E-state index contributed by atoms with van der Waals surface area (Å²) < 4.78 is 1.61. The Balaban J connectivity index is 0.00000161. The normalized spacial score (nSPS) is 19.4. The molecule has 3 heterocycles. The summed E-state index contributed by atoms with van der Waals surface area (Å²) >= 11 is 0. The van der Waals surface area contributed by atoms with E-state index in [-0.39, 0.29) is 18.0 Å². The van der Waals surface area contributed by atoms with Gasteiger partial charge in [-0.1, -0.05) is 6.07 Å². The van der Waals surface area contributed by atoms with E-state index < -0.39 is 0 Å². The Labute approximate surface area is 130 Å². The third-order valence-corrected chi connectivity index (χ3v) is 3.94. The first-order valence-electron chi connectivity index (χ1n) is 7.08. The number of pyridine rings is 1. The number of nitrogens with one attached hydrogen (secondary N) is 1. The van der Waals surface area contributed by atoms with E-state index in [0.29, 0.717) is 6.04 Å². The number of halogens is 1. The van der Waals surface area contributed by atoms with Crippen LogP contribution in [0.3, 0.4) is 0 Å². The monoisotopic (exact) mass is 308 g/mol. The molecule has 1 aliphatic heterocycles. The number of fused-ring (bicyclic) bond motifs is 1. The lowest BCUT2D eigenvalue weighted by molar-refractivity contribution is 0.164. The predicted octanol–water partition coefficient (Wildman–Crippen LogP) is 1.22. The number of nitrogens with zero attached hydrogens (tertiary/aromatic N) is 3. The highest BCUT2D eigenvalue weighted by molar-refractivity contribution is 5.85. The first kappa shape index (κ1) is 15.9. The van der Waals surface area contributed by atoms with Crippen molar-refractivity contribution in [3.05, 3.63) is 46.0 Å². The molecule has 0 aromatic carbocycles. The molecule has 1 fully saturated rings. The molecule has 2 aromatic rings. The van der Waals surface area contributed by atoms with E-state index in [9.17, 15) is 4.79 Å². The van der Waals surface area contributed by atoms with Crippen molar-refractivity contribution >= 4 is 18.1 Å². The summed E-state index contributed by atoms with van der Waals surface area (Å²) in [5.74, 6) is 0.